The van der Waals surface area contributed by atoms with Crippen LogP contribution < -0.4 is 5.43 Å². The number of halogens is 1. The normalized spacial score (nSPS) is 10.8. The van der Waals surface area contributed by atoms with Crippen LogP contribution in [0.2, 0.25) is 0 Å². The van der Waals surface area contributed by atoms with E-state index in [1.165, 1.54) is 0 Å². The predicted octanol–water partition coefficient (Wildman–Crippen LogP) is 4.20. The highest BCUT2D eigenvalue weighted by molar-refractivity contribution is 6.17. The first kappa shape index (κ1) is 12.0. The number of fused-ring (bicyclic) bond motifs is 1. The van der Waals surface area contributed by atoms with Gasteiger partial charge in [0.25, 0.3) is 0 Å². The molecular weight excluding hydrogens is 260 g/mol. The van der Waals surface area contributed by atoms with Gasteiger partial charge in [-0.15, -0.1) is 11.6 Å². The molecule has 2 aromatic carbocycles. The summed E-state index contributed by atoms with van der Waals surface area (Å²) in [6, 6.07) is 16.7. The lowest BCUT2D eigenvalue weighted by Gasteiger charge is -2.07. The van der Waals surface area contributed by atoms with Crippen molar-refractivity contribution in [2.75, 3.05) is 0 Å². The third-order valence-corrected chi connectivity index (χ3v) is 3.30. The van der Waals surface area contributed by atoms with E-state index in [9.17, 15) is 4.79 Å². The minimum Gasteiger partial charge on any atom is -0.459 e. The van der Waals surface area contributed by atoms with Crippen LogP contribution in [-0.4, -0.2) is 0 Å². The van der Waals surface area contributed by atoms with Crippen molar-refractivity contribution in [2.45, 2.75) is 5.88 Å². The molecule has 0 saturated carbocycles. The number of hydrogen-bond donors (Lipinski definition) is 0. The maximum atomic E-state index is 12.6. The average molecular weight is 271 g/mol. The third kappa shape index (κ3) is 2.04. The Balaban J connectivity index is 2.41. The molecule has 0 N–H and O–H groups in total. The smallest absolute Gasteiger partial charge is 0.200 e. The summed E-state index contributed by atoms with van der Waals surface area (Å²) in [4.78, 5) is 12.6. The molecular formula is C16H11ClO2. The average Bonchev–Trinajstić information content (AvgIpc) is 2.48. The summed E-state index contributed by atoms with van der Waals surface area (Å²) in [7, 11) is 0. The second kappa shape index (κ2) is 4.90. The van der Waals surface area contributed by atoms with Crippen molar-refractivity contribution < 1.29 is 4.42 Å². The lowest BCUT2D eigenvalue weighted by atomic mass is 10.0. The molecule has 0 amide bonds. The van der Waals surface area contributed by atoms with Gasteiger partial charge in [-0.1, -0.05) is 42.5 Å². The first-order chi connectivity index (χ1) is 9.31. The Hall–Kier alpha value is -2.06. The van der Waals surface area contributed by atoms with Gasteiger partial charge in [0.2, 0.25) is 5.43 Å². The zero-order valence-electron chi connectivity index (χ0n) is 10.1. The van der Waals surface area contributed by atoms with Crippen molar-refractivity contribution in [1.29, 1.82) is 0 Å². The summed E-state index contributed by atoms with van der Waals surface area (Å²) in [5.74, 6) is 0.682. The summed E-state index contributed by atoms with van der Waals surface area (Å²) in [5, 5.41) is 0.579. The van der Waals surface area contributed by atoms with E-state index in [1.807, 2.05) is 42.5 Å². The van der Waals surface area contributed by atoms with Gasteiger partial charge in [-0.3, -0.25) is 4.79 Å². The lowest BCUT2D eigenvalue weighted by molar-refractivity contribution is 0.561. The van der Waals surface area contributed by atoms with Crippen LogP contribution in [0.5, 0.6) is 0 Å². The van der Waals surface area contributed by atoms with Crippen molar-refractivity contribution >= 4 is 22.6 Å². The monoisotopic (exact) mass is 270 g/mol. The summed E-state index contributed by atoms with van der Waals surface area (Å²) in [5.41, 5.74) is 1.92. The summed E-state index contributed by atoms with van der Waals surface area (Å²) in [6.45, 7) is 0. The van der Waals surface area contributed by atoms with Crippen molar-refractivity contribution in [2.24, 2.45) is 0 Å². The van der Waals surface area contributed by atoms with Gasteiger partial charge in [0, 0.05) is 0 Å². The number of para-hydroxylation sites is 1. The number of hydrogen-bond acceptors (Lipinski definition) is 2. The van der Waals surface area contributed by atoms with Gasteiger partial charge in [-0.05, 0) is 17.7 Å². The number of rotatable bonds is 2. The fraction of sp³-hybridized carbons (Fsp3) is 0.0625. The highest BCUT2D eigenvalue weighted by atomic mass is 35.5. The topological polar surface area (TPSA) is 30.2 Å². The van der Waals surface area contributed by atoms with Crippen LogP contribution in [0.1, 0.15) is 5.76 Å². The Morgan fingerprint density at radius 2 is 1.63 bits per heavy atom. The summed E-state index contributed by atoms with van der Waals surface area (Å²) >= 11 is 5.92. The van der Waals surface area contributed by atoms with Crippen molar-refractivity contribution in [3.63, 3.8) is 0 Å². The van der Waals surface area contributed by atoms with Crippen molar-refractivity contribution in [1.82, 2.24) is 0 Å². The minimum absolute atomic E-state index is 0.0382. The molecule has 0 aliphatic heterocycles. The van der Waals surface area contributed by atoms with Crippen LogP contribution in [0.25, 0.3) is 22.1 Å². The van der Waals surface area contributed by atoms with Crippen molar-refractivity contribution in [3.05, 3.63) is 70.6 Å². The van der Waals surface area contributed by atoms with E-state index < -0.39 is 0 Å². The van der Waals surface area contributed by atoms with Crippen LogP contribution in [0, 0.1) is 0 Å². The molecule has 0 atom stereocenters. The third-order valence-electron chi connectivity index (χ3n) is 3.05. The Labute approximate surface area is 115 Å². The fourth-order valence-corrected chi connectivity index (χ4v) is 2.37. The van der Waals surface area contributed by atoms with E-state index in [0.29, 0.717) is 22.3 Å². The van der Waals surface area contributed by atoms with E-state index in [2.05, 4.69) is 0 Å². The molecule has 0 spiro atoms. The first-order valence-electron chi connectivity index (χ1n) is 5.97. The quantitative estimate of drug-likeness (QED) is 0.653. The first-order valence-corrected chi connectivity index (χ1v) is 6.51. The largest absolute Gasteiger partial charge is 0.459 e. The maximum absolute atomic E-state index is 12.6. The Bertz CT molecular complexity index is 776. The molecule has 3 rings (SSSR count). The summed E-state index contributed by atoms with van der Waals surface area (Å²) < 4.78 is 5.75. The predicted molar refractivity (Wildman–Crippen MR) is 77.5 cm³/mol. The molecule has 3 aromatic rings. The molecule has 1 aromatic heterocycles. The number of benzene rings is 2. The zero-order chi connectivity index (χ0) is 13.2. The van der Waals surface area contributed by atoms with Crippen molar-refractivity contribution in [3.8, 4) is 11.1 Å². The van der Waals surface area contributed by atoms with Crippen LogP contribution >= 0.6 is 11.6 Å². The molecule has 94 valence electrons. The van der Waals surface area contributed by atoms with E-state index in [0.717, 1.165) is 5.56 Å². The molecule has 0 bridgehead atoms. The van der Waals surface area contributed by atoms with Crippen LogP contribution in [-0.2, 0) is 5.88 Å². The zero-order valence-corrected chi connectivity index (χ0v) is 10.9. The van der Waals surface area contributed by atoms with Gasteiger partial charge in [-0.25, -0.2) is 0 Å². The van der Waals surface area contributed by atoms with Crippen LogP contribution in [0.15, 0.2) is 63.8 Å². The van der Waals surface area contributed by atoms with Crippen LogP contribution in [0.3, 0.4) is 0 Å². The molecule has 0 radical (unpaired) electrons. The molecule has 19 heavy (non-hydrogen) atoms. The molecule has 0 aliphatic carbocycles. The SMILES string of the molecule is O=c1c(-c2ccccc2)c(CCl)oc2ccccc12. The summed E-state index contributed by atoms with van der Waals surface area (Å²) in [6.07, 6.45) is 0. The van der Waals surface area contributed by atoms with E-state index >= 15 is 0 Å². The fourth-order valence-electron chi connectivity index (χ4n) is 2.18. The number of alkyl halides is 1. The molecule has 3 heteroatoms. The van der Waals surface area contributed by atoms with Gasteiger partial charge >= 0.3 is 0 Å². The highest BCUT2D eigenvalue weighted by Crippen LogP contribution is 2.25. The molecule has 1 heterocycles. The van der Waals surface area contributed by atoms with Gasteiger partial charge in [0.15, 0.2) is 0 Å². The maximum Gasteiger partial charge on any atom is 0.200 e. The highest BCUT2D eigenvalue weighted by Gasteiger charge is 2.14. The Kier molecular flexibility index (Phi) is 3.10. The molecule has 2 nitrogen and oxygen atoms in total. The second-order valence-corrected chi connectivity index (χ2v) is 4.49. The van der Waals surface area contributed by atoms with E-state index in [1.54, 1.807) is 12.1 Å². The van der Waals surface area contributed by atoms with Gasteiger partial charge in [0.1, 0.15) is 11.3 Å². The Morgan fingerprint density at radius 3 is 2.37 bits per heavy atom. The Morgan fingerprint density at radius 1 is 0.947 bits per heavy atom. The lowest BCUT2D eigenvalue weighted by Crippen LogP contribution is -2.08. The minimum atomic E-state index is -0.0382. The molecule has 0 saturated heterocycles. The van der Waals surface area contributed by atoms with Gasteiger partial charge in [-0.2, -0.15) is 0 Å². The standard InChI is InChI=1S/C16H11ClO2/c17-10-14-15(11-6-2-1-3-7-11)16(18)12-8-4-5-9-13(12)19-14/h1-9H,10H2. The molecule has 0 fully saturated rings. The van der Waals surface area contributed by atoms with E-state index in [-0.39, 0.29) is 11.3 Å². The molecule has 0 aliphatic rings. The molecule has 0 unspecified atom stereocenters. The second-order valence-electron chi connectivity index (χ2n) is 4.23. The van der Waals surface area contributed by atoms with Gasteiger partial charge < -0.3 is 4.42 Å². The van der Waals surface area contributed by atoms with E-state index in [4.69, 9.17) is 16.0 Å². The van der Waals surface area contributed by atoms with Gasteiger partial charge in [0.05, 0.1) is 16.8 Å². The van der Waals surface area contributed by atoms with Crippen LogP contribution in [0.4, 0.5) is 0 Å².